The molecule has 1 N–H and O–H groups in total. The third kappa shape index (κ3) is 3.96. The first-order valence-electron chi connectivity index (χ1n) is 6.07. The average Bonchev–Trinajstić information content (AvgIpc) is 2.85. The molecule has 0 aromatic carbocycles. The highest BCUT2D eigenvalue weighted by Crippen LogP contribution is 2.02. The van der Waals surface area contributed by atoms with Gasteiger partial charge in [0.05, 0.1) is 13.7 Å². The van der Waals surface area contributed by atoms with Gasteiger partial charge in [0, 0.05) is 18.7 Å². The number of aromatic nitrogens is 3. The Morgan fingerprint density at radius 1 is 1.56 bits per heavy atom. The lowest BCUT2D eigenvalue weighted by molar-refractivity contribution is -0.136. The van der Waals surface area contributed by atoms with E-state index < -0.39 is 0 Å². The van der Waals surface area contributed by atoms with Crippen molar-refractivity contribution in [2.24, 2.45) is 0 Å². The van der Waals surface area contributed by atoms with E-state index >= 15 is 0 Å². The summed E-state index contributed by atoms with van der Waals surface area (Å²) in [5, 5.41) is 11.1. The predicted octanol–water partition coefficient (Wildman–Crippen LogP) is 0.897. The number of aryl methyl sites for hydroxylation is 1. The van der Waals surface area contributed by atoms with E-state index in [9.17, 15) is 4.79 Å². The zero-order chi connectivity index (χ0) is 13.4. The summed E-state index contributed by atoms with van der Waals surface area (Å²) in [6.45, 7) is 6.05. The van der Waals surface area contributed by atoms with Crippen molar-refractivity contribution in [3.8, 4) is 0 Å². The van der Waals surface area contributed by atoms with E-state index in [0.717, 1.165) is 12.4 Å². The van der Waals surface area contributed by atoms with Crippen molar-refractivity contribution in [1.29, 1.82) is 0 Å². The van der Waals surface area contributed by atoms with E-state index in [1.54, 1.807) is 6.33 Å². The number of nitrogens with one attached hydrogen (secondary N) is 1. The second-order valence-electron chi connectivity index (χ2n) is 3.74. The van der Waals surface area contributed by atoms with Crippen LogP contribution < -0.4 is 5.32 Å². The molecule has 0 saturated heterocycles. The summed E-state index contributed by atoms with van der Waals surface area (Å²) < 4.78 is 6.65. The fourth-order valence-electron chi connectivity index (χ4n) is 1.56. The molecule has 18 heavy (non-hydrogen) atoms. The number of ether oxygens (including phenoxy) is 1. The molecule has 0 atom stereocenters. The van der Waals surface area contributed by atoms with Crippen LogP contribution >= 0.6 is 0 Å². The Balaban J connectivity index is 2.42. The number of hydrogen-bond donors (Lipinski definition) is 1. The molecule has 0 saturated carbocycles. The molecule has 1 aromatic heterocycles. The normalized spacial score (nSPS) is 11.6. The number of hydrogen-bond acceptors (Lipinski definition) is 5. The van der Waals surface area contributed by atoms with Crippen LogP contribution in [-0.2, 0) is 22.6 Å². The van der Waals surface area contributed by atoms with Crippen molar-refractivity contribution in [3.05, 3.63) is 23.8 Å². The van der Waals surface area contributed by atoms with Gasteiger partial charge in [-0.2, -0.15) is 0 Å². The molecule has 6 nitrogen and oxygen atoms in total. The quantitative estimate of drug-likeness (QED) is 0.443. The number of nitrogens with zero attached hydrogens (tertiary/aromatic N) is 3. The Morgan fingerprint density at radius 2 is 2.33 bits per heavy atom. The van der Waals surface area contributed by atoms with Crippen LogP contribution in [0.2, 0.25) is 0 Å². The van der Waals surface area contributed by atoms with Gasteiger partial charge in [0.2, 0.25) is 0 Å². The molecule has 100 valence electrons. The van der Waals surface area contributed by atoms with E-state index in [1.165, 1.54) is 7.11 Å². The minimum Gasteiger partial charge on any atom is -0.466 e. The Bertz CT molecular complexity index is 412. The first-order chi connectivity index (χ1) is 8.72. The van der Waals surface area contributed by atoms with Gasteiger partial charge in [0.1, 0.15) is 12.2 Å². The zero-order valence-corrected chi connectivity index (χ0v) is 11.1. The Morgan fingerprint density at radius 3 is 2.94 bits per heavy atom. The van der Waals surface area contributed by atoms with Gasteiger partial charge in [-0.3, -0.25) is 0 Å². The fourth-order valence-corrected chi connectivity index (χ4v) is 1.56. The third-order valence-electron chi connectivity index (χ3n) is 2.64. The molecule has 0 unspecified atom stereocenters. The highest BCUT2D eigenvalue weighted by molar-refractivity contribution is 5.88. The van der Waals surface area contributed by atoms with E-state index in [1.807, 2.05) is 24.5 Å². The van der Waals surface area contributed by atoms with Crippen molar-refractivity contribution < 1.29 is 9.53 Å². The van der Waals surface area contributed by atoms with Gasteiger partial charge < -0.3 is 14.6 Å². The van der Waals surface area contributed by atoms with Crippen LogP contribution in [0.15, 0.2) is 18.0 Å². The lowest BCUT2D eigenvalue weighted by atomic mass is 10.2. The predicted molar refractivity (Wildman–Crippen MR) is 67.8 cm³/mol. The van der Waals surface area contributed by atoms with Gasteiger partial charge >= 0.3 is 5.97 Å². The molecule has 0 fully saturated rings. The highest BCUT2D eigenvalue weighted by atomic mass is 16.5. The van der Waals surface area contributed by atoms with Gasteiger partial charge in [0.15, 0.2) is 0 Å². The maximum absolute atomic E-state index is 11.3. The summed E-state index contributed by atoms with van der Waals surface area (Å²) in [5.41, 5.74) is 0.682. The van der Waals surface area contributed by atoms with Crippen LogP contribution in [0.3, 0.4) is 0 Å². The molecule has 0 aliphatic heterocycles. The van der Waals surface area contributed by atoms with Crippen LogP contribution in [0.25, 0.3) is 0 Å². The molecular formula is C12H20N4O2. The summed E-state index contributed by atoms with van der Waals surface area (Å²) in [6, 6.07) is 0. The van der Waals surface area contributed by atoms with E-state index in [-0.39, 0.29) is 5.97 Å². The fraction of sp³-hybridized carbons (Fsp3) is 0.583. The van der Waals surface area contributed by atoms with Crippen molar-refractivity contribution >= 4 is 5.97 Å². The maximum Gasteiger partial charge on any atom is 0.333 e. The van der Waals surface area contributed by atoms with Crippen molar-refractivity contribution in [1.82, 2.24) is 20.1 Å². The molecule has 1 rings (SSSR count). The highest BCUT2D eigenvalue weighted by Gasteiger charge is 2.06. The summed E-state index contributed by atoms with van der Waals surface area (Å²) in [4.78, 5) is 11.3. The van der Waals surface area contributed by atoms with Gasteiger partial charge in [-0.05, 0) is 13.3 Å². The van der Waals surface area contributed by atoms with Gasteiger partial charge in [-0.25, -0.2) is 4.79 Å². The van der Waals surface area contributed by atoms with Crippen molar-refractivity contribution in [2.75, 3.05) is 13.7 Å². The SMILES string of the molecule is CCC(=CCNCc1nncn1CC)C(=O)OC. The zero-order valence-electron chi connectivity index (χ0n) is 11.1. The number of esters is 1. The van der Waals surface area contributed by atoms with Crippen LogP contribution in [0, 0.1) is 0 Å². The second-order valence-corrected chi connectivity index (χ2v) is 3.74. The smallest absolute Gasteiger partial charge is 0.333 e. The monoisotopic (exact) mass is 252 g/mol. The Hall–Kier alpha value is -1.69. The third-order valence-corrected chi connectivity index (χ3v) is 2.64. The molecule has 1 heterocycles. The van der Waals surface area contributed by atoms with E-state index in [0.29, 0.717) is 25.1 Å². The summed E-state index contributed by atoms with van der Waals surface area (Å²) in [6.07, 6.45) is 4.22. The van der Waals surface area contributed by atoms with E-state index in [2.05, 4.69) is 20.3 Å². The van der Waals surface area contributed by atoms with Gasteiger partial charge in [-0.1, -0.05) is 13.0 Å². The molecule has 0 radical (unpaired) electrons. The second kappa shape index (κ2) is 7.60. The standard InChI is InChI=1S/C12H20N4O2/c1-4-10(12(17)18-3)6-7-13-8-11-15-14-9-16(11)5-2/h6,9,13H,4-5,7-8H2,1-3H3. The largest absolute Gasteiger partial charge is 0.466 e. The minimum atomic E-state index is -0.268. The number of carbonyl (C=O) groups is 1. The molecule has 0 amide bonds. The molecule has 0 aliphatic rings. The Kier molecular flexibility index (Phi) is 6.07. The van der Waals surface area contributed by atoms with Gasteiger partial charge in [-0.15, -0.1) is 10.2 Å². The molecule has 0 aliphatic carbocycles. The van der Waals surface area contributed by atoms with E-state index in [4.69, 9.17) is 0 Å². The van der Waals surface area contributed by atoms with Crippen molar-refractivity contribution in [3.63, 3.8) is 0 Å². The first kappa shape index (κ1) is 14.4. The molecule has 0 bridgehead atoms. The van der Waals surface area contributed by atoms with Crippen LogP contribution in [-0.4, -0.2) is 34.4 Å². The molecule has 1 aromatic rings. The van der Waals surface area contributed by atoms with Crippen LogP contribution in [0.4, 0.5) is 0 Å². The lowest BCUT2D eigenvalue weighted by Crippen LogP contribution is -2.18. The first-order valence-corrected chi connectivity index (χ1v) is 6.07. The molecule has 6 heteroatoms. The lowest BCUT2D eigenvalue weighted by Gasteiger charge is -2.05. The molecule has 0 spiro atoms. The summed E-state index contributed by atoms with van der Waals surface area (Å²) >= 11 is 0. The van der Waals surface area contributed by atoms with Crippen molar-refractivity contribution in [2.45, 2.75) is 33.4 Å². The maximum atomic E-state index is 11.3. The minimum absolute atomic E-state index is 0.268. The van der Waals surface area contributed by atoms with Crippen LogP contribution in [0.1, 0.15) is 26.1 Å². The number of methoxy groups -OCH3 is 1. The number of carbonyl (C=O) groups excluding carboxylic acids is 1. The Labute approximate surface area is 107 Å². The molecular weight excluding hydrogens is 232 g/mol. The summed E-state index contributed by atoms with van der Waals surface area (Å²) in [5.74, 6) is 0.623. The van der Waals surface area contributed by atoms with Gasteiger partial charge in [0.25, 0.3) is 0 Å². The topological polar surface area (TPSA) is 69.0 Å². The number of rotatable bonds is 7. The summed E-state index contributed by atoms with van der Waals surface area (Å²) in [7, 11) is 1.39. The average molecular weight is 252 g/mol. The van der Waals surface area contributed by atoms with Crippen LogP contribution in [0.5, 0.6) is 0 Å².